The van der Waals surface area contributed by atoms with Crippen LogP contribution in [0.25, 0.3) is 0 Å². The summed E-state index contributed by atoms with van der Waals surface area (Å²) in [6, 6.07) is 5.30. The first-order chi connectivity index (χ1) is 13.0. The highest BCUT2D eigenvalue weighted by molar-refractivity contribution is 7.97. The summed E-state index contributed by atoms with van der Waals surface area (Å²) < 4.78 is 32.8. The van der Waals surface area contributed by atoms with E-state index in [1.54, 1.807) is 23.2 Å². The third-order valence-corrected chi connectivity index (χ3v) is 4.94. The zero-order valence-corrected chi connectivity index (χ0v) is 15.6. The van der Waals surface area contributed by atoms with Gasteiger partial charge >= 0.3 is 0 Å². The van der Waals surface area contributed by atoms with Crippen LogP contribution in [0.3, 0.4) is 0 Å². The summed E-state index contributed by atoms with van der Waals surface area (Å²) in [6.07, 6.45) is 3.86. The zero-order chi connectivity index (χ0) is 19.4. The topological polar surface area (TPSA) is 80.5 Å². The summed E-state index contributed by atoms with van der Waals surface area (Å²) in [5.74, 6) is -2.48. The molecule has 3 rings (SSSR count). The number of methoxy groups -OCH3 is 1. The molecule has 0 aliphatic carbocycles. The number of aromatic nitrogens is 1. The molecule has 1 saturated heterocycles. The van der Waals surface area contributed by atoms with Crippen molar-refractivity contribution in [2.24, 2.45) is 5.14 Å². The molecule has 0 radical (unpaired) electrons. The molecular weight excluding hydrogens is 374 g/mol. The molecule has 144 valence electrons. The van der Waals surface area contributed by atoms with Gasteiger partial charge in [-0.3, -0.25) is 9.93 Å². The standard InChI is InChI=1S/C18H20F2N4O2S/c1-26-17-13(6-5-12(19)16(17)20)24-9-3-2-4-14(24)18(25)23-11-7-8-22-15(10-11)27-21/h5-8,10,14H,2-4,9,21H2,1H3,(H,22,23,25). The molecule has 1 amide bonds. The number of pyridine rings is 1. The first-order valence-electron chi connectivity index (χ1n) is 8.47. The number of benzene rings is 1. The van der Waals surface area contributed by atoms with E-state index in [9.17, 15) is 13.6 Å². The number of nitrogens with two attached hydrogens (primary N) is 1. The van der Waals surface area contributed by atoms with Gasteiger partial charge in [-0.05, 0) is 55.5 Å². The van der Waals surface area contributed by atoms with Crippen LogP contribution in [0.4, 0.5) is 20.2 Å². The van der Waals surface area contributed by atoms with Crippen molar-refractivity contribution >= 4 is 29.2 Å². The van der Waals surface area contributed by atoms with E-state index in [0.29, 0.717) is 29.4 Å². The molecule has 6 nitrogen and oxygen atoms in total. The molecule has 1 aliphatic rings. The molecule has 1 fully saturated rings. The molecule has 9 heteroatoms. The maximum absolute atomic E-state index is 14.1. The van der Waals surface area contributed by atoms with Crippen molar-refractivity contribution in [3.05, 3.63) is 42.1 Å². The number of carbonyl (C=O) groups excluding carboxylic acids is 1. The Morgan fingerprint density at radius 1 is 1.37 bits per heavy atom. The van der Waals surface area contributed by atoms with Crippen molar-refractivity contribution in [1.82, 2.24) is 4.98 Å². The van der Waals surface area contributed by atoms with E-state index in [1.807, 2.05) is 0 Å². The highest BCUT2D eigenvalue weighted by atomic mass is 32.2. The zero-order valence-electron chi connectivity index (χ0n) is 14.7. The second-order valence-electron chi connectivity index (χ2n) is 6.11. The number of carbonyl (C=O) groups is 1. The highest BCUT2D eigenvalue weighted by Crippen LogP contribution is 2.36. The van der Waals surface area contributed by atoms with Gasteiger partial charge in [0.1, 0.15) is 11.1 Å². The smallest absolute Gasteiger partial charge is 0.247 e. The Labute approximate surface area is 160 Å². The average Bonchev–Trinajstić information content (AvgIpc) is 2.70. The lowest BCUT2D eigenvalue weighted by Gasteiger charge is -2.37. The van der Waals surface area contributed by atoms with Crippen molar-refractivity contribution in [3.8, 4) is 5.75 Å². The highest BCUT2D eigenvalue weighted by Gasteiger charge is 2.32. The Hall–Kier alpha value is -2.39. The number of ether oxygens (including phenoxy) is 1. The molecule has 1 aromatic heterocycles. The van der Waals surface area contributed by atoms with Gasteiger partial charge in [-0.15, -0.1) is 0 Å². The van der Waals surface area contributed by atoms with Gasteiger partial charge < -0.3 is 15.0 Å². The fourth-order valence-electron chi connectivity index (χ4n) is 3.21. The minimum atomic E-state index is -1.06. The van der Waals surface area contributed by atoms with E-state index in [-0.39, 0.29) is 11.7 Å². The normalized spacial score (nSPS) is 16.9. The van der Waals surface area contributed by atoms with E-state index in [1.165, 1.54) is 13.2 Å². The van der Waals surface area contributed by atoms with E-state index in [4.69, 9.17) is 9.88 Å². The molecule has 3 N–H and O–H groups in total. The maximum atomic E-state index is 14.1. The second-order valence-corrected chi connectivity index (χ2v) is 6.76. The third kappa shape index (κ3) is 4.14. The summed E-state index contributed by atoms with van der Waals surface area (Å²) in [5, 5.41) is 8.93. The Morgan fingerprint density at radius 2 is 2.19 bits per heavy atom. The van der Waals surface area contributed by atoms with Crippen LogP contribution in [-0.2, 0) is 4.79 Å². The molecule has 1 aliphatic heterocycles. The Morgan fingerprint density at radius 3 is 2.93 bits per heavy atom. The summed E-state index contributed by atoms with van der Waals surface area (Å²) in [4.78, 5) is 18.7. The third-order valence-electron chi connectivity index (χ3n) is 4.47. The van der Waals surface area contributed by atoms with Gasteiger partial charge in [-0.1, -0.05) is 0 Å². The maximum Gasteiger partial charge on any atom is 0.247 e. The number of anilines is 2. The molecule has 1 atom stereocenters. The van der Waals surface area contributed by atoms with Crippen LogP contribution >= 0.6 is 11.9 Å². The van der Waals surface area contributed by atoms with E-state index in [0.717, 1.165) is 30.9 Å². The molecule has 1 aromatic carbocycles. The van der Waals surface area contributed by atoms with Gasteiger partial charge in [-0.2, -0.15) is 4.39 Å². The summed E-state index contributed by atoms with van der Waals surface area (Å²) in [6.45, 7) is 0.541. The number of piperidine rings is 1. The van der Waals surface area contributed by atoms with Crippen LogP contribution in [0.15, 0.2) is 35.5 Å². The van der Waals surface area contributed by atoms with E-state index < -0.39 is 17.7 Å². The van der Waals surface area contributed by atoms with Crippen LogP contribution in [0, 0.1) is 11.6 Å². The van der Waals surface area contributed by atoms with Crippen molar-refractivity contribution in [1.29, 1.82) is 0 Å². The van der Waals surface area contributed by atoms with Gasteiger partial charge in [0.2, 0.25) is 11.7 Å². The van der Waals surface area contributed by atoms with E-state index in [2.05, 4.69) is 10.3 Å². The van der Waals surface area contributed by atoms with Gasteiger partial charge in [-0.25, -0.2) is 9.37 Å². The predicted octanol–water partition coefficient (Wildman–Crippen LogP) is 3.33. The van der Waals surface area contributed by atoms with Gasteiger partial charge in [0.25, 0.3) is 0 Å². The lowest BCUT2D eigenvalue weighted by atomic mass is 10.00. The summed E-state index contributed by atoms with van der Waals surface area (Å²) in [5.41, 5.74) is 0.940. The second kappa shape index (κ2) is 8.53. The minimum Gasteiger partial charge on any atom is -0.491 e. The minimum absolute atomic E-state index is 0.194. The number of rotatable bonds is 5. The molecule has 0 spiro atoms. The predicted molar refractivity (Wildman–Crippen MR) is 101 cm³/mol. The number of nitrogens with zero attached hydrogens (tertiary/aromatic N) is 2. The number of nitrogens with one attached hydrogen (secondary N) is 1. The van der Waals surface area contributed by atoms with Crippen molar-refractivity contribution in [2.75, 3.05) is 23.9 Å². The van der Waals surface area contributed by atoms with Crippen LogP contribution < -0.4 is 20.1 Å². The molecule has 0 bridgehead atoms. The van der Waals surface area contributed by atoms with Crippen LogP contribution in [0.5, 0.6) is 5.75 Å². The number of hydrogen-bond acceptors (Lipinski definition) is 6. The van der Waals surface area contributed by atoms with Crippen molar-refractivity contribution < 1.29 is 18.3 Å². The molecule has 0 saturated carbocycles. The number of hydrogen-bond donors (Lipinski definition) is 2. The lowest BCUT2D eigenvalue weighted by molar-refractivity contribution is -0.117. The Bertz CT molecular complexity index is 837. The molecule has 2 aromatic rings. The van der Waals surface area contributed by atoms with Gasteiger partial charge in [0.15, 0.2) is 11.6 Å². The van der Waals surface area contributed by atoms with E-state index >= 15 is 0 Å². The summed E-state index contributed by atoms with van der Waals surface area (Å²) >= 11 is 0.984. The lowest BCUT2D eigenvalue weighted by Crippen LogP contribution is -2.47. The number of amides is 1. The SMILES string of the molecule is COc1c(N2CCCCC2C(=O)Nc2ccnc(SN)c2)ccc(F)c1F. The van der Waals surface area contributed by atoms with Gasteiger partial charge in [0.05, 0.1) is 12.8 Å². The molecule has 27 heavy (non-hydrogen) atoms. The van der Waals surface area contributed by atoms with Crippen LogP contribution in [-0.4, -0.2) is 30.6 Å². The fraction of sp³-hybridized carbons (Fsp3) is 0.333. The first-order valence-corrected chi connectivity index (χ1v) is 9.35. The van der Waals surface area contributed by atoms with Gasteiger partial charge in [0, 0.05) is 18.4 Å². The van der Waals surface area contributed by atoms with Crippen LogP contribution in [0.1, 0.15) is 19.3 Å². The van der Waals surface area contributed by atoms with Crippen molar-refractivity contribution in [2.45, 2.75) is 30.3 Å². The monoisotopic (exact) mass is 394 g/mol. The quantitative estimate of drug-likeness (QED) is 0.758. The summed E-state index contributed by atoms with van der Waals surface area (Å²) in [7, 11) is 1.28. The number of halogens is 2. The average molecular weight is 394 g/mol. The fourth-order valence-corrected chi connectivity index (χ4v) is 3.53. The molecule has 1 unspecified atom stereocenters. The Balaban J connectivity index is 1.87. The Kier molecular flexibility index (Phi) is 6.12. The molecular formula is C18H20F2N4O2S. The molecule has 2 heterocycles. The van der Waals surface area contributed by atoms with Crippen LogP contribution in [0.2, 0.25) is 0 Å². The first kappa shape index (κ1) is 19.4. The largest absolute Gasteiger partial charge is 0.491 e. The van der Waals surface area contributed by atoms with Crippen molar-refractivity contribution in [3.63, 3.8) is 0 Å².